The molecule has 2 heteroatoms. The molecule has 0 spiro atoms. The predicted molar refractivity (Wildman–Crippen MR) is 46.5 cm³/mol. The van der Waals surface area contributed by atoms with E-state index in [2.05, 4.69) is 18.7 Å². The smallest absolute Gasteiger partial charge is 0.0584 e. The van der Waals surface area contributed by atoms with Crippen LogP contribution in [0.3, 0.4) is 0 Å². The first-order chi connectivity index (χ1) is 5.24. The third kappa shape index (κ3) is 2.46. The lowest BCUT2D eigenvalue weighted by atomic mass is 9.99. The fourth-order valence-electron chi connectivity index (χ4n) is 1.74. The molecular weight excluding hydrogens is 138 g/mol. The van der Waals surface area contributed by atoms with Crippen LogP contribution in [0.4, 0.5) is 0 Å². The summed E-state index contributed by atoms with van der Waals surface area (Å²) in [6.07, 6.45) is 2.65. The molecule has 1 aliphatic heterocycles. The van der Waals surface area contributed by atoms with Crippen LogP contribution in [-0.4, -0.2) is 35.7 Å². The van der Waals surface area contributed by atoms with Crippen LogP contribution in [0.2, 0.25) is 0 Å². The average molecular weight is 157 g/mol. The van der Waals surface area contributed by atoms with Crippen LogP contribution in [-0.2, 0) is 0 Å². The van der Waals surface area contributed by atoms with Crippen molar-refractivity contribution in [3.63, 3.8) is 0 Å². The second-order valence-electron chi connectivity index (χ2n) is 3.77. The molecule has 1 rings (SSSR count). The molecule has 0 saturated carbocycles. The predicted octanol–water partition coefficient (Wildman–Crippen LogP) is 1.10. The van der Waals surface area contributed by atoms with Gasteiger partial charge in [-0.2, -0.15) is 0 Å². The summed E-state index contributed by atoms with van der Waals surface area (Å²) in [5.74, 6) is 0.817. The molecule has 0 aromatic carbocycles. The van der Waals surface area contributed by atoms with Gasteiger partial charge in [-0.15, -0.1) is 0 Å². The van der Waals surface area contributed by atoms with Crippen molar-refractivity contribution in [1.82, 2.24) is 4.90 Å². The minimum atomic E-state index is 0.298. The number of hydrogen-bond donors (Lipinski definition) is 1. The lowest BCUT2D eigenvalue weighted by Gasteiger charge is -2.34. The number of piperidine rings is 1. The molecule has 2 atom stereocenters. The van der Waals surface area contributed by atoms with Crippen molar-refractivity contribution in [3.8, 4) is 0 Å². The standard InChI is InChI=1S/C9H19NO/c1-8-4-3-5-10(6-8)9(2)7-11/h8-9,11H,3-7H2,1-2H3/t8-,9-/m0/s1. The van der Waals surface area contributed by atoms with Crippen molar-refractivity contribution in [1.29, 1.82) is 0 Å². The van der Waals surface area contributed by atoms with Crippen molar-refractivity contribution in [2.45, 2.75) is 32.7 Å². The Balaban J connectivity index is 2.33. The Morgan fingerprint density at radius 2 is 2.36 bits per heavy atom. The second-order valence-corrected chi connectivity index (χ2v) is 3.77. The fraction of sp³-hybridized carbons (Fsp3) is 1.00. The van der Waals surface area contributed by atoms with E-state index in [0.717, 1.165) is 5.92 Å². The van der Waals surface area contributed by atoms with Crippen molar-refractivity contribution in [3.05, 3.63) is 0 Å². The molecule has 2 nitrogen and oxygen atoms in total. The number of nitrogens with zero attached hydrogens (tertiary/aromatic N) is 1. The summed E-state index contributed by atoms with van der Waals surface area (Å²) in [6, 6.07) is 0.359. The molecule has 0 unspecified atom stereocenters. The summed E-state index contributed by atoms with van der Waals surface area (Å²) in [5, 5.41) is 8.93. The van der Waals surface area contributed by atoms with E-state index >= 15 is 0 Å². The quantitative estimate of drug-likeness (QED) is 0.649. The van der Waals surface area contributed by atoms with Gasteiger partial charge in [-0.1, -0.05) is 6.92 Å². The summed E-state index contributed by atoms with van der Waals surface area (Å²) in [7, 11) is 0. The first-order valence-electron chi connectivity index (χ1n) is 4.59. The third-order valence-electron chi connectivity index (χ3n) is 2.58. The van der Waals surface area contributed by atoms with Crippen LogP contribution in [0.1, 0.15) is 26.7 Å². The van der Waals surface area contributed by atoms with E-state index < -0.39 is 0 Å². The molecule has 0 aromatic rings. The molecule has 0 bridgehead atoms. The number of aliphatic hydroxyl groups excluding tert-OH is 1. The minimum absolute atomic E-state index is 0.298. The van der Waals surface area contributed by atoms with Gasteiger partial charge in [-0.3, -0.25) is 4.90 Å². The second kappa shape index (κ2) is 4.07. The maximum Gasteiger partial charge on any atom is 0.0584 e. The number of rotatable bonds is 2. The summed E-state index contributed by atoms with van der Waals surface area (Å²) in [5.41, 5.74) is 0. The van der Waals surface area contributed by atoms with Gasteiger partial charge in [0.15, 0.2) is 0 Å². The summed E-state index contributed by atoms with van der Waals surface area (Å²) in [6.45, 7) is 7.02. The van der Waals surface area contributed by atoms with Crippen molar-refractivity contribution in [2.75, 3.05) is 19.7 Å². The summed E-state index contributed by atoms with van der Waals surface area (Å²) < 4.78 is 0. The first kappa shape index (κ1) is 9.01. The number of aliphatic hydroxyl groups is 1. The van der Waals surface area contributed by atoms with Crippen LogP contribution < -0.4 is 0 Å². The van der Waals surface area contributed by atoms with E-state index in [0.29, 0.717) is 12.6 Å². The highest BCUT2D eigenvalue weighted by molar-refractivity contribution is 4.74. The van der Waals surface area contributed by atoms with Gasteiger partial charge in [-0.05, 0) is 32.2 Å². The Morgan fingerprint density at radius 1 is 1.64 bits per heavy atom. The number of hydrogen-bond acceptors (Lipinski definition) is 2. The van der Waals surface area contributed by atoms with Crippen LogP contribution in [0.25, 0.3) is 0 Å². The van der Waals surface area contributed by atoms with E-state index in [4.69, 9.17) is 5.11 Å². The van der Waals surface area contributed by atoms with Gasteiger partial charge in [0.05, 0.1) is 6.61 Å². The third-order valence-corrected chi connectivity index (χ3v) is 2.58. The molecule has 1 N–H and O–H groups in total. The van der Waals surface area contributed by atoms with Crippen LogP contribution in [0, 0.1) is 5.92 Å². The van der Waals surface area contributed by atoms with Gasteiger partial charge in [0, 0.05) is 12.6 Å². The lowest BCUT2D eigenvalue weighted by molar-refractivity contribution is 0.0940. The molecule has 11 heavy (non-hydrogen) atoms. The molecular formula is C9H19NO. The summed E-state index contributed by atoms with van der Waals surface area (Å²) in [4.78, 5) is 2.38. The SMILES string of the molecule is C[C@H]1CCCN([C@@H](C)CO)C1. The van der Waals surface area contributed by atoms with E-state index in [-0.39, 0.29) is 0 Å². The molecule has 1 saturated heterocycles. The van der Waals surface area contributed by atoms with Crippen molar-refractivity contribution in [2.24, 2.45) is 5.92 Å². The van der Waals surface area contributed by atoms with Crippen molar-refractivity contribution >= 4 is 0 Å². The van der Waals surface area contributed by atoms with E-state index in [9.17, 15) is 0 Å². The van der Waals surface area contributed by atoms with Crippen molar-refractivity contribution < 1.29 is 5.11 Å². The van der Waals surface area contributed by atoms with E-state index in [1.165, 1.54) is 25.9 Å². The lowest BCUT2D eigenvalue weighted by Crippen LogP contribution is -2.42. The van der Waals surface area contributed by atoms with E-state index in [1.54, 1.807) is 0 Å². The largest absolute Gasteiger partial charge is 0.395 e. The zero-order chi connectivity index (χ0) is 8.27. The molecule has 0 radical (unpaired) electrons. The Kier molecular flexibility index (Phi) is 3.34. The zero-order valence-corrected chi connectivity index (χ0v) is 7.58. The zero-order valence-electron chi connectivity index (χ0n) is 7.58. The monoisotopic (exact) mass is 157 g/mol. The highest BCUT2D eigenvalue weighted by Crippen LogP contribution is 2.17. The van der Waals surface area contributed by atoms with Gasteiger partial charge < -0.3 is 5.11 Å². The minimum Gasteiger partial charge on any atom is -0.395 e. The molecule has 0 aromatic heterocycles. The van der Waals surface area contributed by atoms with E-state index in [1.807, 2.05) is 0 Å². The fourth-order valence-corrected chi connectivity index (χ4v) is 1.74. The molecule has 1 fully saturated rings. The Labute approximate surface area is 69.2 Å². The highest BCUT2D eigenvalue weighted by atomic mass is 16.3. The Bertz CT molecular complexity index is 116. The Morgan fingerprint density at radius 3 is 2.91 bits per heavy atom. The van der Waals surface area contributed by atoms with Crippen LogP contribution in [0.5, 0.6) is 0 Å². The summed E-state index contributed by atoms with van der Waals surface area (Å²) >= 11 is 0. The maximum atomic E-state index is 8.93. The van der Waals surface area contributed by atoms with Gasteiger partial charge in [-0.25, -0.2) is 0 Å². The average Bonchev–Trinajstić information content (AvgIpc) is 2.03. The first-order valence-corrected chi connectivity index (χ1v) is 4.59. The van der Waals surface area contributed by atoms with Gasteiger partial charge in [0.2, 0.25) is 0 Å². The van der Waals surface area contributed by atoms with Gasteiger partial charge in [0.1, 0.15) is 0 Å². The van der Waals surface area contributed by atoms with Gasteiger partial charge in [0.25, 0.3) is 0 Å². The molecule has 0 aliphatic carbocycles. The topological polar surface area (TPSA) is 23.5 Å². The van der Waals surface area contributed by atoms with Gasteiger partial charge >= 0.3 is 0 Å². The van der Waals surface area contributed by atoms with Crippen LogP contribution >= 0.6 is 0 Å². The molecule has 66 valence electrons. The Hall–Kier alpha value is -0.0800. The molecule has 1 heterocycles. The van der Waals surface area contributed by atoms with Crippen LogP contribution in [0.15, 0.2) is 0 Å². The normalized spacial score (nSPS) is 30.3. The highest BCUT2D eigenvalue weighted by Gasteiger charge is 2.19. The number of likely N-dealkylation sites (tertiary alicyclic amines) is 1. The maximum absolute atomic E-state index is 8.93. The molecule has 1 aliphatic rings. The molecule has 0 amide bonds.